The van der Waals surface area contributed by atoms with Gasteiger partial charge in [-0.3, -0.25) is 0 Å². The molecule has 178 valence electrons. The third-order valence-corrected chi connectivity index (χ3v) is 6.69. The van der Waals surface area contributed by atoms with Gasteiger partial charge in [-0.05, 0) is 76.9 Å². The molecule has 0 amide bonds. The summed E-state index contributed by atoms with van der Waals surface area (Å²) in [4.78, 5) is 18.8. The van der Waals surface area contributed by atoms with Gasteiger partial charge in [0, 0.05) is 24.5 Å². The van der Waals surface area contributed by atoms with Crippen molar-refractivity contribution >= 4 is 35.1 Å². The summed E-state index contributed by atoms with van der Waals surface area (Å²) in [5.74, 6) is 2.34. The highest BCUT2D eigenvalue weighted by Crippen LogP contribution is 2.29. The van der Waals surface area contributed by atoms with Crippen LogP contribution in [0.5, 0.6) is 5.75 Å². The Balaban J connectivity index is 1.60. The molecule has 0 spiro atoms. The number of anilines is 4. The van der Waals surface area contributed by atoms with Crippen LogP contribution in [0.2, 0.25) is 5.02 Å². The summed E-state index contributed by atoms with van der Waals surface area (Å²) in [6, 6.07) is 5.94. The number of rotatable bonds is 7. The van der Waals surface area contributed by atoms with Crippen molar-refractivity contribution < 1.29 is 4.74 Å². The van der Waals surface area contributed by atoms with Crippen LogP contribution in [-0.4, -0.2) is 60.2 Å². The summed E-state index contributed by atoms with van der Waals surface area (Å²) >= 11 is 6.32. The highest BCUT2D eigenvalue weighted by Gasteiger charge is 2.23. The van der Waals surface area contributed by atoms with E-state index in [1.807, 2.05) is 18.2 Å². The lowest BCUT2D eigenvalue weighted by atomic mass is 10.0. The SMILES string of the molecule is COc1ccc(Nc2nc(NC3=CCCCCC3)nc(N(C)C3CCN(C)CC3)n2)cc1Cl. The van der Waals surface area contributed by atoms with E-state index in [9.17, 15) is 0 Å². The molecule has 2 N–H and O–H groups in total. The van der Waals surface area contributed by atoms with Crippen molar-refractivity contribution in [2.45, 2.75) is 51.0 Å². The maximum Gasteiger partial charge on any atom is 0.233 e. The summed E-state index contributed by atoms with van der Waals surface area (Å²) in [5.41, 5.74) is 1.98. The van der Waals surface area contributed by atoms with Crippen LogP contribution in [0, 0.1) is 0 Å². The molecule has 33 heavy (non-hydrogen) atoms. The van der Waals surface area contributed by atoms with Crippen molar-refractivity contribution in [3.05, 3.63) is 35.0 Å². The van der Waals surface area contributed by atoms with Gasteiger partial charge >= 0.3 is 0 Å². The number of hydrogen-bond donors (Lipinski definition) is 2. The van der Waals surface area contributed by atoms with Crippen LogP contribution in [0.3, 0.4) is 0 Å². The molecule has 0 saturated carbocycles. The molecule has 0 unspecified atom stereocenters. The second kappa shape index (κ2) is 11.0. The second-order valence-electron chi connectivity index (χ2n) is 8.86. The van der Waals surface area contributed by atoms with Gasteiger partial charge in [0.15, 0.2) is 0 Å². The van der Waals surface area contributed by atoms with Gasteiger partial charge in [0.05, 0.1) is 12.1 Å². The molecule has 1 saturated heterocycles. The number of benzene rings is 1. The fraction of sp³-hybridized carbons (Fsp3) is 0.542. The van der Waals surface area contributed by atoms with Crippen molar-refractivity contribution in [1.29, 1.82) is 0 Å². The van der Waals surface area contributed by atoms with E-state index in [-0.39, 0.29) is 0 Å². The zero-order chi connectivity index (χ0) is 23.2. The minimum atomic E-state index is 0.400. The molecule has 0 radical (unpaired) electrons. The molecule has 1 aromatic carbocycles. The largest absolute Gasteiger partial charge is 0.495 e. The number of halogens is 1. The van der Waals surface area contributed by atoms with Gasteiger partial charge in [0.2, 0.25) is 17.8 Å². The number of piperidine rings is 1. The van der Waals surface area contributed by atoms with E-state index in [0.717, 1.165) is 44.5 Å². The molecule has 9 heteroatoms. The summed E-state index contributed by atoms with van der Waals surface area (Å²) in [7, 11) is 5.85. The molecular formula is C24H34ClN7O. The van der Waals surface area contributed by atoms with Crippen LogP contribution in [0.1, 0.15) is 44.9 Å². The highest BCUT2D eigenvalue weighted by atomic mass is 35.5. The summed E-state index contributed by atoms with van der Waals surface area (Å²) in [6.45, 7) is 2.15. The lowest BCUT2D eigenvalue weighted by Gasteiger charge is -2.35. The van der Waals surface area contributed by atoms with Crippen molar-refractivity contribution in [2.75, 3.05) is 49.8 Å². The van der Waals surface area contributed by atoms with E-state index in [4.69, 9.17) is 26.3 Å². The molecule has 4 rings (SSSR count). The van der Waals surface area contributed by atoms with Crippen molar-refractivity contribution in [3.8, 4) is 5.75 Å². The van der Waals surface area contributed by atoms with Crippen molar-refractivity contribution in [3.63, 3.8) is 0 Å². The molecule has 8 nitrogen and oxygen atoms in total. The molecular weight excluding hydrogens is 438 g/mol. The van der Waals surface area contributed by atoms with Crippen LogP contribution in [0.15, 0.2) is 30.0 Å². The minimum absolute atomic E-state index is 0.400. The Morgan fingerprint density at radius 3 is 2.55 bits per heavy atom. The lowest BCUT2D eigenvalue weighted by molar-refractivity contribution is 0.252. The number of methoxy groups -OCH3 is 1. The number of nitrogens with zero attached hydrogens (tertiary/aromatic N) is 5. The second-order valence-corrected chi connectivity index (χ2v) is 9.26. The van der Waals surface area contributed by atoms with Crippen LogP contribution in [-0.2, 0) is 0 Å². The quantitative estimate of drug-likeness (QED) is 0.579. The predicted octanol–water partition coefficient (Wildman–Crippen LogP) is 5.07. The normalized spacial score (nSPS) is 17.8. The molecule has 2 aromatic rings. The third-order valence-electron chi connectivity index (χ3n) is 6.40. The number of aromatic nitrogens is 3. The van der Waals surface area contributed by atoms with E-state index < -0.39 is 0 Å². The van der Waals surface area contributed by atoms with Gasteiger partial charge in [-0.25, -0.2) is 0 Å². The average Bonchev–Trinajstić information content (AvgIpc) is 3.08. The fourth-order valence-corrected chi connectivity index (χ4v) is 4.58. The third kappa shape index (κ3) is 6.26. The average molecular weight is 472 g/mol. The van der Waals surface area contributed by atoms with Crippen LogP contribution >= 0.6 is 11.6 Å². The van der Waals surface area contributed by atoms with E-state index in [0.29, 0.717) is 34.7 Å². The smallest absolute Gasteiger partial charge is 0.233 e. The first kappa shape index (κ1) is 23.6. The molecule has 1 fully saturated rings. The van der Waals surface area contributed by atoms with E-state index in [2.05, 4.69) is 45.6 Å². The molecule has 1 aliphatic carbocycles. The number of hydrogen-bond acceptors (Lipinski definition) is 8. The molecule has 0 atom stereocenters. The molecule has 2 heterocycles. The van der Waals surface area contributed by atoms with Gasteiger partial charge in [-0.15, -0.1) is 0 Å². The Kier molecular flexibility index (Phi) is 7.88. The first-order valence-corrected chi connectivity index (χ1v) is 12.1. The standard InChI is InChI=1S/C24H34ClN7O/c1-31-14-12-19(13-15-31)32(2)24-29-22(26-17-8-6-4-5-7-9-17)28-23(30-24)27-18-10-11-21(33-3)20(25)16-18/h8,10-11,16,19H,4-7,9,12-15H2,1-3H3,(H2,26,27,28,29,30). The monoisotopic (exact) mass is 471 g/mol. The van der Waals surface area contributed by atoms with Gasteiger partial charge in [-0.2, -0.15) is 15.0 Å². The van der Waals surface area contributed by atoms with Gasteiger partial charge in [0.1, 0.15) is 5.75 Å². The highest BCUT2D eigenvalue weighted by molar-refractivity contribution is 6.32. The zero-order valence-electron chi connectivity index (χ0n) is 19.8. The van der Waals surface area contributed by atoms with Crippen molar-refractivity contribution in [1.82, 2.24) is 19.9 Å². The van der Waals surface area contributed by atoms with Crippen LogP contribution in [0.4, 0.5) is 23.5 Å². The van der Waals surface area contributed by atoms with Gasteiger partial charge in [-0.1, -0.05) is 24.1 Å². The summed E-state index contributed by atoms with van der Waals surface area (Å²) in [6.07, 6.45) is 10.2. The van der Waals surface area contributed by atoms with Gasteiger partial charge < -0.3 is 25.2 Å². The fourth-order valence-electron chi connectivity index (χ4n) is 4.33. The Morgan fingerprint density at radius 2 is 1.82 bits per heavy atom. The first-order valence-electron chi connectivity index (χ1n) is 11.8. The zero-order valence-corrected chi connectivity index (χ0v) is 20.5. The maximum atomic E-state index is 6.32. The molecule has 1 aliphatic heterocycles. The number of likely N-dealkylation sites (tertiary alicyclic amines) is 1. The number of nitrogens with one attached hydrogen (secondary N) is 2. The van der Waals surface area contributed by atoms with Crippen LogP contribution < -0.4 is 20.3 Å². The predicted molar refractivity (Wildman–Crippen MR) is 135 cm³/mol. The molecule has 0 bridgehead atoms. The Bertz CT molecular complexity index is 975. The Hall–Kier alpha value is -2.58. The Morgan fingerprint density at radius 1 is 1.06 bits per heavy atom. The number of allylic oxidation sites excluding steroid dienone is 2. The summed E-state index contributed by atoms with van der Waals surface area (Å²) < 4.78 is 5.26. The topological polar surface area (TPSA) is 78.4 Å². The van der Waals surface area contributed by atoms with Crippen LogP contribution in [0.25, 0.3) is 0 Å². The minimum Gasteiger partial charge on any atom is -0.495 e. The summed E-state index contributed by atoms with van der Waals surface area (Å²) in [5, 5.41) is 7.28. The van der Waals surface area contributed by atoms with E-state index in [1.165, 1.54) is 25.0 Å². The van der Waals surface area contributed by atoms with E-state index >= 15 is 0 Å². The van der Waals surface area contributed by atoms with Crippen molar-refractivity contribution in [2.24, 2.45) is 0 Å². The van der Waals surface area contributed by atoms with E-state index in [1.54, 1.807) is 7.11 Å². The first-order chi connectivity index (χ1) is 16.0. The molecule has 1 aromatic heterocycles. The molecule has 2 aliphatic rings. The Labute approximate surface area is 201 Å². The maximum absolute atomic E-state index is 6.32. The number of ether oxygens (including phenoxy) is 1. The van der Waals surface area contributed by atoms with Gasteiger partial charge in [0.25, 0.3) is 0 Å². The lowest BCUT2D eigenvalue weighted by Crippen LogP contribution is -2.42.